The molecular weight excluding hydrogens is 419 g/mol. The first-order valence-electron chi connectivity index (χ1n) is 7.39. The fourth-order valence-electron chi connectivity index (χ4n) is 1.91. The maximum absolute atomic E-state index is 5.90. The summed E-state index contributed by atoms with van der Waals surface area (Å²) in [5.74, 6) is 1.73. The van der Waals surface area contributed by atoms with Crippen LogP contribution < -0.4 is 20.5 Å². The molecule has 0 amide bonds. The van der Waals surface area contributed by atoms with Gasteiger partial charge in [-0.1, -0.05) is 0 Å². The predicted molar refractivity (Wildman–Crippen MR) is 107 cm³/mol. The zero-order valence-electron chi connectivity index (χ0n) is 14.0. The normalized spacial score (nSPS) is 10.9. The Morgan fingerprint density at radius 2 is 1.96 bits per heavy atom. The average Bonchev–Trinajstić information content (AvgIpc) is 2.54. The second kappa shape index (κ2) is 9.96. The lowest BCUT2D eigenvalue weighted by Gasteiger charge is -2.11. The fourth-order valence-corrected chi connectivity index (χ4v) is 1.91. The Morgan fingerprint density at radius 3 is 2.58 bits per heavy atom. The first kappa shape index (κ1) is 20.0. The molecular formula is C17H23IN4O2. The summed E-state index contributed by atoms with van der Waals surface area (Å²) in [5.41, 5.74) is 7.73. The second-order valence-electron chi connectivity index (χ2n) is 5.22. The van der Waals surface area contributed by atoms with E-state index >= 15 is 0 Å². The van der Waals surface area contributed by atoms with Crippen LogP contribution in [-0.4, -0.2) is 24.2 Å². The highest BCUT2D eigenvalue weighted by atomic mass is 127. The van der Waals surface area contributed by atoms with E-state index in [0.717, 1.165) is 17.0 Å². The summed E-state index contributed by atoms with van der Waals surface area (Å²) < 4.78 is 10.7. The minimum absolute atomic E-state index is 0. The van der Waals surface area contributed by atoms with Crippen molar-refractivity contribution in [3.05, 3.63) is 48.2 Å². The van der Waals surface area contributed by atoms with Crippen LogP contribution in [0.25, 0.3) is 0 Å². The maximum atomic E-state index is 5.90. The summed E-state index contributed by atoms with van der Waals surface area (Å²) >= 11 is 0. The van der Waals surface area contributed by atoms with Crippen LogP contribution in [0.2, 0.25) is 0 Å². The molecule has 0 spiro atoms. The van der Waals surface area contributed by atoms with Crippen LogP contribution in [0.15, 0.2) is 47.6 Å². The van der Waals surface area contributed by atoms with Gasteiger partial charge in [-0.05, 0) is 49.7 Å². The Labute approximate surface area is 159 Å². The van der Waals surface area contributed by atoms with E-state index < -0.39 is 0 Å². The van der Waals surface area contributed by atoms with E-state index in [-0.39, 0.29) is 30.1 Å². The number of guanidine groups is 1. The van der Waals surface area contributed by atoms with Crippen LogP contribution in [0.3, 0.4) is 0 Å². The molecule has 0 fully saturated rings. The van der Waals surface area contributed by atoms with Crippen molar-refractivity contribution in [2.45, 2.75) is 26.5 Å². The van der Waals surface area contributed by atoms with Crippen molar-refractivity contribution >= 4 is 35.6 Å². The van der Waals surface area contributed by atoms with Gasteiger partial charge < -0.3 is 20.5 Å². The Bertz CT molecular complexity index is 660. The summed E-state index contributed by atoms with van der Waals surface area (Å²) in [6.07, 6.45) is 1.83. The third kappa shape index (κ3) is 6.61. The van der Waals surface area contributed by atoms with E-state index in [1.54, 1.807) is 13.3 Å². The number of rotatable bonds is 6. The molecule has 0 unspecified atom stereocenters. The van der Waals surface area contributed by atoms with Crippen LogP contribution in [0.4, 0.5) is 5.69 Å². The molecule has 0 aliphatic carbocycles. The van der Waals surface area contributed by atoms with Crippen molar-refractivity contribution < 1.29 is 9.47 Å². The fraction of sp³-hybridized carbons (Fsp3) is 0.294. The molecule has 24 heavy (non-hydrogen) atoms. The summed E-state index contributed by atoms with van der Waals surface area (Å²) in [7, 11) is 1.58. The van der Waals surface area contributed by atoms with Gasteiger partial charge in [0.05, 0.1) is 19.8 Å². The largest absolute Gasteiger partial charge is 0.491 e. The molecule has 0 saturated heterocycles. The molecule has 3 N–H and O–H groups in total. The Balaban J connectivity index is 0.00000288. The highest BCUT2D eigenvalue weighted by molar-refractivity contribution is 14.0. The monoisotopic (exact) mass is 442 g/mol. The van der Waals surface area contributed by atoms with E-state index in [0.29, 0.717) is 18.4 Å². The van der Waals surface area contributed by atoms with Crippen molar-refractivity contribution in [3.8, 4) is 11.6 Å². The summed E-state index contributed by atoms with van der Waals surface area (Å²) in [6.45, 7) is 4.43. The minimum atomic E-state index is 0. The van der Waals surface area contributed by atoms with Crippen molar-refractivity contribution in [1.82, 2.24) is 4.98 Å². The standard InChI is InChI=1S/C17H22N4O2.HI/c1-12(2)23-15-6-4-14(5-7-15)21-17(18)20-11-13-8-9-19-16(10-13)22-3;/h4-10,12H,11H2,1-3H3,(H3,18,20,21);1H. The van der Waals surface area contributed by atoms with Gasteiger partial charge in [0.25, 0.3) is 0 Å². The molecule has 0 aliphatic rings. The number of benzene rings is 1. The van der Waals surface area contributed by atoms with Gasteiger partial charge in [0.2, 0.25) is 5.88 Å². The van der Waals surface area contributed by atoms with Gasteiger partial charge in [-0.3, -0.25) is 0 Å². The van der Waals surface area contributed by atoms with Crippen LogP contribution in [0, 0.1) is 0 Å². The first-order chi connectivity index (χ1) is 11.1. The van der Waals surface area contributed by atoms with Crippen molar-refractivity contribution in [3.63, 3.8) is 0 Å². The lowest BCUT2D eigenvalue weighted by molar-refractivity contribution is 0.242. The topological polar surface area (TPSA) is 81.8 Å². The van der Waals surface area contributed by atoms with Crippen molar-refractivity contribution in [2.75, 3.05) is 12.4 Å². The van der Waals surface area contributed by atoms with Crippen molar-refractivity contribution in [1.29, 1.82) is 0 Å². The molecule has 2 aromatic rings. The van der Waals surface area contributed by atoms with E-state index in [2.05, 4.69) is 15.3 Å². The molecule has 0 saturated carbocycles. The first-order valence-corrected chi connectivity index (χ1v) is 7.39. The predicted octanol–water partition coefficient (Wildman–Crippen LogP) is 3.42. The smallest absolute Gasteiger partial charge is 0.213 e. The number of halogens is 1. The lowest BCUT2D eigenvalue weighted by atomic mass is 10.3. The average molecular weight is 442 g/mol. The van der Waals surface area contributed by atoms with Gasteiger partial charge in [0.15, 0.2) is 5.96 Å². The van der Waals surface area contributed by atoms with Gasteiger partial charge in [-0.25, -0.2) is 9.98 Å². The zero-order valence-corrected chi connectivity index (χ0v) is 16.4. The number of methoxy groups -OCH3 is 1. The third-order valence-electron chi connectivity index (χ3n) is 2.94. The number of ether oxygens (including phenoxy) is 2. The zero-order chi connectivity index (χ0) is 16.7. The number of hydrogen-bond donors (Lipinski definition) is 2. The summed E-state index contributed by atoms with van der Waals surface area (Å²) in [4.78, 5) is 8.36. The quantitative estimate of drug-likeness (QED) is 0.407. The summed E-state index contributed by atoms with van der Waals surface area (Å²) in [5, 5.41) is 3.05. The SMILES string of the molecule is COc1cc(CN=C(N)Nc2ccc(OC(C)C)cc2)ccn1.I. The summed E-state index contributed by atoms with van der Waals surface area (Å²) in [6, 6.07) is 11.3. The number of hydrogen-bond acceptors (Lipinski definition) is 4. The molecule has 1 aromatic heterocycles. The van der Waals surface area contributed by atoms with E-state index in [1.165, 1.54) is 0 Å². The van der Waals surface area contributed by atoms with Crippen molar-refractivity contribution in [2.24, 2.45) is 10.7 Å². The highest BCUT2D eigenvalue weighted by Crippen LogP contribution is 2.16. The number of aliphatic imine (C=N–C) groups is 1. The molecule has 0 radical (unpaired) electrons. The second-order valence-corrected chi connectivity index (χ2v) is 5.22. The van der Waals surface area contributed by atoms with Gasteiger partial charge in [-0.15, -0.1) is 24.0 Å². The molecule has 0 aliphatic heterocycles. The number of nitrogens with one attached hydrogen (secondary N) is 1. The third-order valence-corrected chi connectivity index (χ3v) is 2.94. The van der Waals surface area contributed by atoms with Gasteiger partial charge in [0, 0.05) is 18.0 Å². The number of anilines is 1. The van der Waals surface area contributed by atoms with Gasteiger partial charge in [-0.2, -0.15) is 0 Å². The van der Waals surface area contributed by atoms with E-state index in [1.807, 2.05) is 50.2 Å². The Hall–Kier alpha value is -2.03. The van der Waals surface area contributed by atoms with E-state index in [4.69, 9.17) is 15.2 Å². The molecule has 1 heterocycles. The van der Waals surface area contributed by atoms with Crippen LogP contribution in [0.1, 0.15) is 19.4 Å². The number of nitrogens with two attached hydrogens (primary N) is 1. The van der Waals surface area contributed by atoms with Crippen LogP contribution >= 0.6 is 24.0 Å². The van der Waals surface area contributed by atoms with E-state index in [9.17, 15) is 0 Å². The van der Waals surface area contributed by atoms with Gasteiger partial charge >= 0.3 is 0 Å². The van der Waals surface area contributed by atoms with Crippen LogP contribution in [0.5, 0.6) is 11.6 Å². The molecule has 0 bridgehead atoms. The molecule has 6 nitrogen and oxygen atoms in total. The van der Waals surface area contributed by atoms with Gasteiger partial charge in [0.1, 0.15) is 5.75 Å². The molecule has 2 rings (SSSR count). The number of nitrogens with zero attached hydrogens (tertiary/aromatic N) is 2. The highest BCUT2D eigenvalue weighted by Gasteiger charge is 2.00. The molecule has 1 aromatic carbocycles. The molecule has 130 valence electrons. The minimum Gasteiger partial charge on any atom is -0.491 e. The maximum Gasteiger partial charge on any atom is 0.213 e. The Kier molecular flexibility index (Phi) is 8.31. The Morgan fingerprint density at radius 1 is 1.25 bits per heavy atom. The lowest BCUT2D eigenvalue weighted by Crippen LogP contribution is -2.22. The molecule has 0 atom stereocenters. The number of pyridine rings is 1. The van der Waals surface area contributed by atoms with Crippen LogP contribution in [-0.2, 0) is 6.54 Å². The number of aromatic nitrogens is 1. The molecule has 7 heteroatoms.